The number of allylic oxidation sites excluding steroid dienone is 6. The summed E-state index contributed by atoms with van der Waals surface area (Å²) < 4.78 is 10.9. The summed E-state index contributed by atoms with van der Waals surface area (Å²) in [5.74, 6) is 2.87. The minimum atomic E-state index is 0. The van der Waals surface area contributed by atoms with Crippen molar-refractivity contribution in [3.05, 3.63) is 220 Å². The number of para-hydroxylation sites is 4. The van der Waals surface area contributed by atoms with Gasteiger partial charge >= 0.3 is 88.7 Å². The predicted molar refractivity (Wildman–Crippen MR) is 244 cm³/mol. The maximum absolute atomic E-state index is 11.0. The maximum Gasteiger partial charge on any atom is 1.00 e. The molecule has 0 saturated carbocycles. The number of hydrogen-bond donors (Lipinski definition) is 1. The van der Waals surface area contributed by atoms with E-state index < -0.39 is 0 Å². The van der Waals surface area contributed by atoms with E-state index in [2.05, 4.69) is 52.6 Å². The minimum Gasteiger partial charge on any atom is -1.00 e. The van der Waals surface area contributed by atoms with Gasteiger partial charge in [-0.3, -0.25) is 0 Å². The molecule has 0 aliphatic rings. The van der Waals surface area contributed by atoms with Gasteiger partial charge in [0.25, 0.3) is 0 Å². The minimum absolute atomic E-state index is 0. The van der Waals surface area contributed by atoms with Crippen LogP contribution >= 0.6 is 11.6 Å². The van der Waals surface area contributed by atoms with Crippen molar-refractivity contribution in [2.75, 3.05) is 19.1 Å². The first kappa shape index (κ1) is 74.9. The van der Waals surface area contributed by atoms with Crippen LogP contribution in [0.15, 0.2) is 192 Å². The first-order valence-electron chi connectivity index (χ1n) is 17.2. The SMILES string of the molecule is C.C.C=CCCl.C=CCOc1ccccc1CC=C.C=CCOc1ccccc1CC=C.C=CCc1cccc(CC=C)c1O.C=CCc1ccccc1[O-].[Cl-].[Na+].[Na+].[Na+].[OH-]. The van der Waals surface area contributed by atoms with Crippen LogP contribution in [0.25, 0.3) is 0 Å². The smallest absolute Gasteiger partial charge is 1.00 e. The van der Waals surface area contributed by atoms with Gasteiger partial charge in [0, 0.05) is 5.88 Å². The molecule has 0 spiro atoms. The van der Waals surface area contributed by atoms with Crippen LogP contribution in [0, 0.1) is 0 Å². The topological polar surface area (TPSA) is 91.8 Å². The normalized spacial score (nSPS) is 8.02. The summed E-state index contributed by atoms with van der Waals surface area (Å²) in [5, 5.41) is 20.7. The Labute approximate surface area is 442 Å². The van der Waals surface area contributed by atoms with Gasteiger partial charge in [0.1, 0.15) is 30.5 Å². The van der Waals surface area contributed by atoms with E-state index >= 15 is 0 Å². The predicted octanol–water partition coefficient (Wildman–Crippen LogP) is 0.820. The van der Waals surface area contributed by atoms with Gasteiger partial charge in [0.05, 0.1) is 0 Å². The van der Waals surface area contributed by atoms with Gasteiger partial charge in [-0.1, -0.05) is 161 Å². The molecule has 4 rings (SSSR count). The zero-order chi connectivity index (χ0) is 39.5. The number of aromatic hydroxyl groups is 1. The third-order valence-electron chi connectivity index (χ3n) is 6.76. The Morgan fingerprint density at radius 1 is 0.467 bits per heavy atom. The molecule has 4 aromatic rings. The fraction of sp³-hybridized carbons (Fsp3) is 0.200. The quantitative estimate of drug-likeness (QED) is 0.0965. The summed E-state index contributed by atoms with van der Waals surface area (Å²) in [6.45, 7) is 29.9. The van der Waals surface area contributed by atoms with Crippen molar-refractivity contribution in [1.29, 1.82) is 0 Å². The summed E-state index contributed by atoms with van der Waals surface area (Å²) in [7, 11) is 0. The Hall–Kier alpha value is -2.46. The van der Waals surface area contributed by atoms with E-state index in [0.29, 0.717) is 44.1 Å². The Bertz CT molecular complexity index is 1610. The van der Waals surface area contributed by atoms with Crippen LogP contribution in [0.5, 0.6) is 23.0 Å². The Kier molecular flexibility index (Phi) is 65.8. The number of halogens is 2. The van der Waals surface area contributed by atoms with Crippen LogP contribution in [-0.4, -0.2) is 29.7 Å². The Morgan fingerprint density at radius 3 is 1.07 bits per heavy atom. The molecular formula is C50H65Cl2Na3O5. The number of phenolic OH excluding ortho intramolecular Hbond substituents is 1. The Morgan fingerprint density at radius 2 is 0.750 bits per heavy atom. The van der Waals surface area contributed by atoms with Crippen LogP contribution in [0.4, 0.5) is 0 Å². The van der Waals surface area contributed by atoms with Gasteiger partial charge in [-0.2, -0.15) is 0 Å². The standard InChI is InChI=1S/3C12H14O.C9H10O.C3H5Cl.2CH4.ClH.3Na.H2O/c2*1-3-7-11-8-5-6-9-12(11)13-10-4-2;1-3-6-10-8-5-9-11(7-4-2)12(10)13;1-2-5-8-6-3-4-7-9(8)10;1-2-3-4;;;;;;;/h2*3-6,8-9H,1-2,7,10H2;3-5,8-9,13H,1-2,6-7H2;2-4,6-7,10H,1,5H2;2H,1,3H2;2*1H4;1H;;;;1H2/q;;;;;;;;3*+1;/p-3. The van der Waals surface area contributed by atoms with Crippen LogP contribution in [0.3, 0.4) is 0 Å². The Balaban J connectivity index is -0.0000000939. The fourth-order valence-electron chi connectivity index (χ4n) is 4.35. The van der Waals surface area contributed by atoms with E-state index in [1.165, 1.54) is 11.1 Å². The first-order chi connectivity index (χ1) is 25.8. The second-order valence-corrected chi connectivity index (χ2v) is 11.2. The number of ether oxygens (including phenoxy) is 2. The second-order valence-electron chi connectivity index (χ2n) is 10.9. The molecule has 0 aromatic heterocycles. The van der Waals surface area contributed by atoms with Gasteiger partial charge in [-0.15, -0.1) is 56.8 Å². The molecule has 0 bridgehead atoms. The monoisotopic (exact) mass is 884 g/mol. The maximum atomic E-state index is 11.0. The average molecular weight is 886 g/mol. The second kappa shape index (κ2) is 52.7. The van der Waals surface area contributed by atoms with Crippen molar-refractivity contribution in [2.24, 2.45) is 0 Å². The van der Waals surface area contributed by atoms with Gasteiger partial charge in [-0.25, -0.2) is 0 Å². The van der Waals surface area contributed by atoms with Crippen LogP contribution < -0.4 is 116 Å². The van der Waals surface area contributed by atoms with Crippen molar-refractivity contribution in [3.63, 3.8) is 0 Å². The molecule has 4 aromatic carbocycles. The van der Waals surface area contributed by atoms with Crippen molar-refractivity contribution in [3.8, 4) is 23.0 Å². The fourth-order valence-corrected chi connectivity index (χ4v) is 4.35. The molecule has 0 fully saturated rings. The first-order valence-corrected chi connectivity index (χ1v) is 17.7. The number of alkyl halides is 1. The largest absolute Gasteiger partial charge is 1.00 e. The molecule has 0 radical (unpaired) electrons. The van der Waals surface area contributed by atoms with E-state index in [-0.39, 0.29) is 127 Å². The molecular weight excluding hydrogens is 820 g/mol. The molecule has 60 heavy (non-hydrogen) atoms. The van der Waals surface area contributed by atoms with Crippen LogP contribution in [-0.2, 0) is 32.1 Å². The molecule has 0 atom stereocenters. The molecule has 312 valence electrons. The van der Waals surface area contributed by atoms with E-state index in [9.17, 15) is 10.2 Å². The van der Waals surface area contributed by atoms with Gasteiger partial charge in [0.15, 0.2) is 0 Å². The summed E-state index contributed by atoms with van der Waals surface area (Å²) in [4.78, 5) is 0. The molecule has 5 nitrogen and oxygen atoms in total. The molecule has 0 unspecified atom stereocenters. The van der Waals surface area contributed by atoms with Gasteiger partial charge in [0.2, 0.25) is 0 Å². The molecule has 0 amide bonds. The zero-order valence-electron chi connectivity index (χ0n) is 35.0. The summed E-state index contributed by atoms with van der Waals surface area (Å²) in [6.07, 6.45) is 17.9. The van der Waals surface area contributed by atoms with E-state index in [0.717, 1.165) is 41.0 Å². The van der Waals surface area contributed by atoms with Gasteiger partial charge in [-0.05, 0) is 66.5 Å². The van der Waals surface area contributed by atoms with E-state index in [1.807, 2.05) is 91.0 Å². The van der Waals surface area contributed by atoms with Crippen molar-refractivity contribution in [1.82, 2.24) is 0 Å². The number of phenols is 1. The summed E-state index contributed by atoms with van der Waals surface area (Å²) >= 11 is 5.07. The van der Waals surface area contributed by atoms with Crippen molar-refractivity contribution >= 4 is 11.6 Å². The molecule has 0 heterocycles. The number of hydrogen-bond acceptors (Lipinski definition) is 5. The van der Waals surface area contributed by atoms with Crippen molar-refractivity contribution < 1.29 is 126 Å². The van der Waals surface area contributed by atoms with Crippen LogP contribution in [0.2, 0.25) is 0 Å². The zero-order valence-corrected chi connectivity index (χ0v) is 42.5. The van der Waals surface area contributed by atoms with Gasteiger partial charge < -0.3 is 37.6 Å². The van der Waals surface area contributed by atoms with E-state index in [4.69, 9.17) is 21.1 Å². The number of benzene rings is 4. The molecule has 2 N–H and O–H groups in total. The van der Waals surface area contributed by atoms with Crippen LogP contribution in [0.1, 0.15) is 42.7 Å². The third kappa shape index (κ3) is 35.2. The van der Waals surface area contributed by atoms with E-state index in [1.54, 1.807) is 48.6 Å². The molecule has 0 aliphatic carbocycles. The van der Waals surface area contributed by atoms with Crippen molar-refractivity contribution in [2.45, 2.75) is 47.0 Å². The summed E-state index contributed by atoms with van der Waals surface area (Å²) in [6, 6.07) is 28.7. The molecule has 0 saturated heterocycles. The molecule has 0 aliphatic heterocycles. The number of rotatable bonds is 17. The molecule has 10 heteroatoms. The average Bonchev–Trinajstić information content (AvgIpc) is 3.18. The third-order valence-corrected chi connectivity index (χ3v) is 6.98. The summed E-state index contributed by atoms with van der Waals surface area (Å²) in [5.41, 5.74) is 5.00.